The van der Waals surface area contributed by atoms with Crippen LogP contribution in [-0.4, -0.2) is 6.54 Å². The summed E-state index contributed by atoms with van der Waals surface area (Å²) in [6.07, 6.45) is 1.94. The van der Waals surface area contributed by atoms with Gasteiger partial charge in [0.15, 0.2) is 0 Å². The monoisotopic (exact) mass is 321 g/mol. The van der Waals surface area contributed by atoms with Crippen molar-refractivity contribution in [2.75, 3.05) is 6.54 Å². The lowest BCUT2D eigenvalue weighted by atomic mass is 9.98. The molecule has 1 unspecified atom stereocenters. The molecular formula is C18H21Cl2N. The van der Waals surface area contributed by atoms with Gasteiger partial charge in [0, 0.05) is 6.04 Å². The van der Waals surface area contributed by atoms with E-state index in [1.54, 1.807) is 0 Å². The summed E-state index contributed by atoms with van der Waals surface area (Å²) in [4.78, 5) is 0. The van der Waals surface area contributed by atoms with Crippen LogP contribution in [-0.2, 0) is 6.42 Å². The van der Waals surface area contributed by atoms with Crippen molar-refractivity contribution in [2.45, 2.75) is 32.7 Å². The lowest BCUT2D eigenvalue weighted by Gasteiger charge is -2.20. The maximum Gasteiger partial charge on any atom is 0.0624 e. The van der Waals surface area contributed by atoms with E-state index in [0.29, 0.717) is 10.0 Å². The maximum atomic E-state index is 6.32. The summed E-state index contributed by atoms with van der Waals surface area (Å²) in [5, 5.41) is 4.88. The highest BCUT2D eigenvalue weighted by molar-refractivity contribution is 6.42. The second-order valence-corrected chi connectivity index (χ2v) is 6.12. The molecule has 0 amide bonds. The van der Waals surface area contributed by atoms with Gasteiger partial charge in [-0.2, -0.15) is 0 Å². The molecule has 3 heteroatoms. The molecule has 2 rings (SSSR count). The summed E-state index contributed by atoms with van der Waals surface area (Å²) in [6, 6.07) is 14.7. The minimum Gasteiger partial charge on any atom is -0.310 e. The molecule has 0 aliphatic heterocycles. The van der Waals surface area contributed by atoms with Crippen LogP contribution in [0.4, 0.5) is 0 Å². The van der Waals surface area contributed by atoms with E-state index in [1.165, 1.54) is 11.1 Å². The normalized spacial score (nSPS) is 12.4. The third-order valence-electron chi connectivity index (χ3n) is 3.58. The molecule has 0 spiro atoms. The van der Waals surface area contributed by atoms with E-state index in [4.69, 9.17) is 23.2 Å². The number of hydrogen-bond acceptors (Lipinski definition) is 1. The van der Waals surface area contributed by atoms with Gasteiger partial charge >= 0.3 is 0 Å². The van der Waals surface area contributed by atoms with Crippen LogP contribution in [0, 0.1) is 6.92 Å². The minimum atomic E-state index is 0.251. The van der Waals surface area contributed by atoms with Crippen LogP contribution in [0.5, 0.6) is 0 Å². The summed E-state index contributed by atoms with van der Waals surface area (Å²) < 4.78 is 0. The second kappa shape index (κ2) is 7.84. The molecule has 0 bridgehead atoms. The molecule has 0 saturated carbocycles. The quantitative estimate of drug-likeness (QED) is 0.731. The number of benzene rings is 2. The number of hydrogen-bond donors (Lipinski definition) is 1. The van der Waals surface area contributed by atoms with E-state index >= 15 is 0 Å². The first-order valence-electron chi connectivity index (χ1n) is 7.34. The van der Waals surface area contributed by atoms with Crippen molar-refractivity contribution in [3.63, 3.8) is 0 Å². The summed E-state index contributed by atoms with van der Waals surface area (Å²) in [5.74, 6) is 0. The van der Waals surface area contributed by atoms with E-state index in [2.05, 4.69) is 43.4 Å². The van der Waals surface area contributed by atoms with Gasteiger partial charge < -0.3 is 5.32 Å². The van der Waals surface area contributed by atoms with Crippen LogP contribution >= 0.6 is 23.2 Å². The Balaban J connectivity index is 2.23. The average Bonchev–Trinajstić information content (AvgIpc) is 2.49. The van der Waals surface area contributed by atoms with Gasteiger partial charge in [0.05, 0.1) is 10.0 Å². The molecule has 0 aliphatic rings. The smallest absolute Gasteiger partial charge is 0.0624 e. The Labute approximate surface area is 137 Å². The molecular weight excluding hydrogens is 301 g/mol. The Morgan fingerprint density at radius 2 is 1.76 bits per heavy atom. The zero-order valence-corrected chi connectivity index (χ0v) is 14.0. The average molecular weight is 322 g/mol. The molecule has 21 heavy (non-hydrogen) atoms. The van der Waals surface area contributed by atoms with Gasteiger partial charge in [-0.25, -0.2) is 0 Å². The molecule has 0 aliphatic carbocycles. The Bertz CT molecular complexity index is 578. The number of halogens is 2. The van der Waals surface area contributed by atoms with Crippen LogP contribution in [0.2, 0.25) is 10.0 Å². The van der Waals surface area contributed by atoms with Crippen molar-refractivity contribution in [3.8, 4) is 0 Å². The van der Waals surface area contributed by atoms with Gasteiger partial charge in [-0.1, -0.05) is 72.1 Å². The summed E-state index contributed by atoms with van der Waals surface area (Å²) >= 11 is 12.4. The van der Waals surface area contributed by atoms with Crippen molar-refractivity contribution in [1.82, 2.24) is 5.32 Å². The van der Waals surface area contributed by atoms with Crippen molar-refractivity contribution < 1.29 is 0 Å². The highest BCUT2D eigenvalue weighted by atomic mass is 35.5. The molecule has 2 aromatic carbocycles. The molecule has 0 heterocycles. The molecule has 0 aromatic heterocycles. The van der Waals surface area contributed by atoms with Crippen molar-refractivity contribution >= 4 is 23.2 Å². The SMILES string of the molecule is CCCNC(Cc1cccc(Cl)c1Cl)c1ccc(C)cc1. The molecule has 0 saturated heterocycles. The number of rotatable bonds is 6. The fourth-order valence-corrected chi connectivity index (χ4v) is 2.75. The summed E-state index contributed by atoms with van der Waals surface area (Å²) in [6.45, 7) is 5.26. The van der Waals surface area contributed by atoms with Crippen molar-refractivity contribution in [2.24, 2.45) is 0 Å². The maximum absolute atomic E-state index is 6.32. The Hall–Kier alpha value is -1.02. The predicted molar refractivity (Wildman–Crippen MR) is 92.4 cm³/mol. The molecule has 112 valence electrons. The fraction of sp³-hybridized carbons (Fsp3) is 0.333. The standard InChI is InChI=1S/C18H21Cl2N/c1-3-11-21-17(14-9-7-13(2)8-10-14)12-15-5-4-6-16(19)18(15)20/h4-10,17,21H,3,11-12H2,1-2H3. The van der Waals surface area contributed by atoms with E-state index in [0.717, 1.165) is 24.9 Å². The van der Waals surface area contributed by atoms with Gasteiger partial charge in [0.2, 0.25) is 0 Å². The zero-order valence-electron chi connectivity index (χ0n) is 12.5. The van der Waals surface area contributed by atoms with Gasteiger partial charge in [-0.15, -0.1) is 0 Å². The summed E-state index contributed by atoms with van der Waals surface area (Å²) in [5.41, 5.74) is 3.64. The second-order valence-electron chi connectivity index (χ2n) is 5.33. The number of aryl methyl sites for hydroxylation is 1. The predicted octanol–water partition coefficient (Wildman–Crippen LogP) is 5.59. The van der Waals surface area contributed by atoms with Gasteiger partial charge in [0.25, 0.3) is 0 Å². The van der Waals surface area contributed by atoms with Gasteiger partial charge in [-0.3, -0.25) is 0 Å². The first kappa shape index (κ1) is 16.4. The molecule has 1 atom stereocenters. The molecule has 0 fully saturated rings. The van der Waals surface area contributed by atoms with E-state index in [-0.39, 0.29) is 6.04 Å². The molecule has 1 N–H and O–H groups in total. The van der Waals surface area contributed by atoms with E-state index < -0.39 is 0 Å². The fourth-order valence-electron chi connectivity index (χ4n) is 2.35. The van der Waals surface area contributed by atoms with E-state index in [9.17, 15) is 0 Å². The lowest BCUT2D eigenvalue weighted by molar-refractivity contribution is 0.529. The molecule has 0 radical (unpaired) electrons. The van der Waals surface area contributed by atoms with E-state index in [1.807, 2.05) is 18.2 Å². The van der Waals surface area contributed by atoms with Crippen molar-refractivity contribution in [1.29, 1.82) is 0 Å². The van der Waals surface area contributed by atoms with Gasteiger partial charge in [-0.05, 0) is 43.5 Å². The first-order valence-corrected chi connectivity index (χ1v) is 8.10. The lowest BCUT2D eigenvalue weighted by Crippen LogP contribution is -2.24. The Kier molecular flexibility index (Phi) is 6.10. The minimum absolute atomic E-state index is 0.251. The highest BCUT2D eigenvalue weighted by Gasteiger charge is 2.14. The van der Waals surface area contributed by atoms with Crippen LogP contribution in [0.3, 0.4) is 0 Å². The molecule has 2 aromatic rings. The van der Waals surface area contributed by atoms with Crippen LogP contribution in [0.15, 0.2) is 42.5 Å². The Morgan fingerprint density at radius 1 is 1.05 bits per heavy atom. The summed E-state index contributed by atoms with van der Waals surface area (Å²) in [7, 11) is 0. The largest absolute Gasteiger partial charge is 0.310 e. The van der Waals surface area contributed by atoms with Crippen LogP contribution in [0.1, 0.15) is 36.1 Å². The third-order valence-corrected chi connectivity index (χ3v) is 4.43. The third kappa shape index (κ3) is 4.47. The van der Waals surface area contributed by atoms with Crippen LogP contribution in [0.25, 0.3) is 0 Å². The Morgan fingerprint density at radius 3 is 2.43 bits per heavy atom. The zero-order chi connectivity index (χ0) is 15.2. The highest BCUT2D eigenvalue weighted by Crippen LogP contribution is 2.29. The van der Waals surface area contributed by atoms with Gasteiger partial charge in [0.1, 0.15) is 0 Å². The van der Waals surface area contributed by atoms with Crippen molar-refractivity contribution in [3.05, 3.63) is 69.2 Å². The number of nitrogens with one attached hydrogen (secondary N) is 1. The topological polar surface area (TPSA) is 12.0 Å². The first-order chi connectivity index (χ1) is 10.1. The van der Waals surface area contributed by atoms with Crippen LogP contribution < -0.4 is 5.32 Å². The molecule has 1 nitrogen and oxygen atoms in total.